The van der Waals surface area contributed by atoms with Crippen molar-refractivity contribution < 1.29 is 14.6 Å². The molecule has 0 atom stereocenters. The zero-order chi connectivity index (χ0) is 35.7. The number of aromatic amines is 2. The molecule has 0 spiro atoms. The molecule has 2 aliphatic heterocycles. The maximum atomic E-state index is 11.3. The average Bonchev–Trinajstić information content (AvgIpc) is 4.02. The van der Waals surface area contributed by atoms with Crippen LogP contribution in [0.2, 0.25) is 0 Å². The molecule has 3 N–H and O–H groups in total. The topological polar surface area (TPSA) is 104 Å². The van der Waals surface area contributed by atoms with Crippen LogP contribution >= 0.6 is 0 Å². The van der Waals surface area contributed by atoms with Crippen LogP contribution in [0.15, 0.2) is 140 Å². The van der Waals surface area contributed by atoms with Gasteiger partial charge in [0.2, 0.25) is 0 Å². The fourth-order valence-corrected chi connectivity index (χ4v) is 7.08. The molecule has 4 aromatic carbocycles. The molecule has 8 bridgehead atoms. The first-order valence-electron chi connectivity index (χ1n) is 17.4. The highest BCUT2D eigenvalue weighted by Gasteiger charge is 2.19. The molecule has 53 heavy (non-hydrogen) atoms. The number of hydrogen-bond donors (Lipinski definition) is 3. The lowest BCUT2D eigenvalue weighted by atomic mass is 9.99. The van der Waals surface area contributed by atoms with Crippen LogP contribution in [0.25, 0.3) is 90.9 Å². The van der Waals surface area contributed by atoms with Crippen molar-refractivity contribution in [1.29, 1.82) is 0 Å². The Hall–Kier alpha value is -7.25. The molecule has 5 heterocycles. The summed E-state index contributed by atoms with van der Waals surface area (Å²) in [6.07, 6.45) is 8.26. The molecule has 0 radical (unpaired) electrons. The summed E-state index contributed by atoms with van der Waals surface area (Å²) in [4.78, 5) is 29.4. The molecule has 3 aromatic heterocycles. The number of benzene rings is 4. The normalized spacial score (nSPS) is 11.8. The van der Waals surface area contributed by atoms with E-state index in [9.17, 15) is 9.90 Å². The lowest BCUT2D eigenvalue weighted by molar-refractivity contribution is -0.139. The van der Waals surface area contributed by atoms with Crippen LogP contribution in [0.3, 0.4) is 0 Å². The maximum absolute atomic E-state index is 11.3. The minimum atomic E-state index is -1.03. The minimum absolute atomic E-state index is 0.431. The number of aliphatic carboxylic acids is 1. The highest BCUT2D eigenvalue weighted by atomic mass is 16.5. The maximum Gasteiger partial charge on any atom is 0.341 e. The van der Waals surface area contributed by atoms with E-state index in [0.717, 1.165) is 89.4 Å². The van der Waals surface area contributed by atoms with E-state index in [0.29, 0.717) is 5.75 Å². The summed E-state index contributed by atoms with van der Waals surface area (Å²) in [5.74, 6) is -0.567. The molecule has 0 aliphatic carbocycles. The van der Waals surface area contributed by atoms with E-state index >= 15 is 0 Å². The van der Waals surface area contributed by atoms with Crippen molar-refractivity contribution in [2.45, 2.75) is 0 Å². The first kappa shape index (κ1) is 31.7. The molecule has 0 fully saturated rings. The summed E-state index contributed by atoms with van der Waals surface area (Å²) in [6.45, 7) is -0.431. The highest BCUT2D eigenvalue weighted by molar-refractivity contribution is 6.01. The number of aromatic nitrogens is 4. The van der Waals surface area contributed by atoms with Crippen LogP contribution in [0, 0.1) is 0 Å². The zero-order valence-electron chi connectivity index (χ0n) is 28.5. The average molecular weight is 689 g/mol. The first-order chi connectivity index (χ1) is 26.1. The van der Waals surface area contributed by atoms with E-state index in [1.165, 1.54) is 0 Å². The molecule has 0 saturated heterocycles. The molecular formula is C46H32N4O3. The number of H-pyrrole nitrogens is 2. The van der Waals surface area contributed by atoms with E-state index < -0.39 is 12.6 Å². The lowest BCUT2D eigenvalue weighted by Crippen LogP contribution is -2.09. The smallest absolute Gasteiger partial charge is 0.341 e. The summed E-state index contributed by atoms with van der Waals surface area (Å²) >= 11 is 0. The van der Waals surface area contributed by atoms with Crippen molar-refractivity contribution in [3.05, 3.63) is 162 Å². The quantitative estimate of drug-likeness (QED) is 0.155. The molecule has 254 valence electrons. The number of rotatable bonds is 7. The SMILES string of the molecule is O=C(O)COc1cccc(-c2cc3cc4nc(c(-c5ccccc5)c5ccc([nH]5)c(-c5ccccc5)c5nc(c(-c6ccccc6)c2[nH]3)C=C5)C=C4)c1. The largest absolute Gasteiger partial charge is 0.482 e. The van der Waals surface area contributed by atoms with E-state index in [1.807, 2.05) is 84.9 Å². The Morgan fingerprint density at radius 2 is 1.09 bits per heavy atom. The Balaban J connectivity index is 1.43. The summed E-state index contributed by atoms with van der Waals surface area (Å²) in [5.41, 5.74) is 14.7. The van der Waals surface area contributed by atoms with Gasteiger partial charge in [-0.3, -0.25) is 0 Å². The second-order valence-electron chi connectivity index (χ2n) is 12.8. The Labute approximate surface area is 305 Å². The Bertz CT molecular complexity index is 2750. The molecule has 0 amide bonds. The molecule has 7 heteroatoms. The van der Waals surface area contributed by atoms with Gasteiger partial charge in [-0.25, -0.2) is 14.8 Å². The van der Waals surface area contributed by atoms with Crippen molar-refractivity contribution >= 4 is 52.3 Å². The van der Waals surface area contributed by atoms with Gasteiger partial charge < -0.3 is 19.8 Å². The second-order valence-corrected chi connectivity index (χ2v) is 12.8. The number of carboxylic acids is 1. The predicted octanol–water partition coefficient (Wildman–Crippen LogP) is 10.8. The van der Waals surface area contributed by atoms with Crippen LogP contribution in [0.1, 0.15) is 22.8 Å². The van der Waals surface area contributed by atoms with E-state index in [-0.39, 0.29) is 0 Å². The van der Waals surface area contributed by atoms with Crippen LogP contribution in [0.5, 0.6) is 5.75 Å². The van der Waals surface area contributed by atoms with Crippen LogP contribution < -0.4 is 4.74 Å². The number of carboxylic acid groups (broad SMARTS) is 1. The van der Waals surface area contributed by atoms with Gasteiger partial charge in [0, 0.05) is 38.8 Å². The van der Waals surface area contributed by atoms with Crippen molar-refractivity contribution in [2.24, 2.45) is 0 Å². The van der Waals surface area contributed by atoms with Gasteiger partial charge in [0.15, 0.2) is 6.61 Å². The number of nitrogens with zero attached hydrogens (tertiary/aromatic N) is 2. The number of fused-ring (bicyclic) bond motifs is 8. The molecule has 0 saturated carbocycles. The monoisotopic (exact) mass is 688 g/mol. The third-order valence-electron chi connectivity index (χ3n) is 9.38. The van der Waals surface area contributed by atoms with Gasteiger partial charge in [-0.1, -0.05) is 103 Å². The van der Waals surface area contributed by atoms with Gasteiger partial charge in [-0.2, -0.15) is 0 Å². The van der Waals surface area contributed by atoms with Crippen LogP contribution in [-0.2, 0) is 4.79 Å². The van der Waals surface area contributed by atoms with Gasteiger partial charge in [0.1, 0.15) is 5.75 Å². The molecule has 0 unspecified atom stereocenters. The molecule has 7 aromatic rings. The van der Waals surface area contributed by atoms with Crippen molar-refractivity contribution in [3.8, 4) is 50.3 Å². The lowest BCUT2D eigenvalue weighted by Gasteiger charge is -2.09. The number of ether oxygens (including phenoxy) is 1. The Kier molecular flexibility index (Phi) is 8.06. The molecule has 7 nitrogen and oxygen atoms in total. The van der Waals surface area contributed by atoms with Gasteiger partial charge in [-0.15, -0.1) is 0 Å². The summed E-state index contributed by atoms with van der Waals surface area (Å²) < 4.78 is 5.61. The summed E-state index contributed by atoms with van der Waals surface area (Å²) in [5, 5.41) is 9.28. The zero-order valence-corrected chi connectivity index (χ0v) is 28.5. The molecule has 9 rings (SSSR count). The fourth-order valence-electron chi connectivity index (χ4n) is 7.08. The van der Waals surface area contributed by atoms with Gasteiger partial charge in [-0.05, 0) is 83.0 Å². The van der Waals surface area contributed by atoms with Gasteiger partial charge in [0.05, 0.1) is 28.3 Å². The predicted molar refractivity (Wildman–Crippen MR) is 214 cm³/mol. The number of hydrogen-bond acceptors (Lipinski definition) is 4. The Morgan fingerprint density at radius 3 is 1.72 bits per heavy atom. The van der Waals surface area contributed by atoms with Crippen LogP contribution in [-0.4, -0.2) is 37.6 Å². The molecular weight excluding hydrogens is 657 g/mol. The Morgan fingerprint density at radius 1 is 0.547 bits per heavy atom. The number of nitrogens with one attached hydrogen (secondary N) is 2. The number of carbonyl (C=O) groups is 1. The molecule has 2 aliphatic rings. The van der Waals surface area contributed by atoms with Gasteiger partial charge >= 0.3 is 5.97 Å². The highest BCUT2D eigenvalue weighted by Crippen LogP contribution is 2.39. The van der Waals surface area contributed by atoms with Crippen molar-refractivity contribution in [3.63, 3.8) is 0 Å². The van der Waals surface area contributed by atoms with Crippen LogP contribution in [0.4, 0.5) is 0 Å². The first-order valence-corrected chi connectivity index (χ1v) is 17.4. The van der Waals surface area contributed by atoms with E-state index in [4.69, 9.17) is 14.7 Å². The van der Waals surface area contributed by atoms with Crippen molar-refractivity contribution in [2.75, 3.05) is 6.61 Å². The van der Waals surface area contributed by atoms with E-state index in [2.05, 4.69) is 82.8 Å². The second kappa shape index (κ2) is 13.5. The van der Waals surface area contributed by atoms with Gasteiger partial charge in [0.25, 0.3) is 0 Å². The fraction of sp³-hybridized carbons (Fsp3) is 0.0217. The standard InChI is InChI=1S/C46H32N4O3/c51-42(52)28-53-35-18-10-17-32(25-35)36-27-34-26-33-19-20-37(47-33)43(29-11-4-1-5-12-29)38-21-22-39(49-38)44(30-13-6-2-7-14-30)40-23-24-41(50-40)45(46(36)48-34)31-15-8-3-9-16-31/h1-27,48-49H,28H2,(H,51,52). The minimum Gasteiger partial charge on any atom is -0.482 e. The van der Waals surface area contributed by atoms with Crippen molar-refractivity contribution in [1.82, 2.24) is 19.9 Å². The van der Waals surface area contributed by atoms with E-state index in [1.54, 1.807) is 6.07 Å². The third kappa shape index (κ3) is 6.21. The summed E-state index contributed by atoms with van der Waals surface area (Å²) in [7, 11) is 0. The third-order valence-corrected chi connectivity index (χ3v) is 9.38. The summed E-state index contributed by atoms with van der Waals surface area (Å²) in [6, 6.07) is 46.8.